The van der Waals surface area contributed by atoms with E-state index in [1.165, 1.54) is 0 Å². The molecule has 0 saturated heterocycles. The molecule has 0 aliphatic rings. The third kappa shape index (κ3) is 2.81. The summed E-state index contributed by atoms with van der Waals surface area (Å²) in [6.45, 7) is 1.99. The molecule has 1 atom stereocenters. The van der Waals surface area contributed by atoms with Gasteiger partial charge in [-0.3, -0.25) is 0 Å². The number of benzene rings is 2. The first-order valence-electron chi connectivity index (χ1n) is 6.23. The summed E-state index contributed by atoms with van der Waals surface area (Å²) in [7, 11) is 3.18. The molecular weight excluding hydrogens is 320 g/mol. The maximum absolute atomic E-state index is 10.6. The van der Waals surface area contributed by atoms with Crippen molar-refractivity contribution in [2.45, 2.75) is 13.0 Å². The van der Waals surface area contributed by atoms with Gasteiger partial charge >= 0.3 is 0 Å². The molecule has 1 unspecified atom stereocenters. The Kier molecular flexibility index (Phi) is 4.68. The van der Waals surface area contributed by atoms with Crippen molar-refractivity contribution in [1.82, 2.24) is 0 Å². The van der Waals surface area contributed by atoms with Gasteiger partial charge in [-0.2, -0.15) is 0 Å². The Morgan fingerprint density at radius 3 is 2.45 bits per heavy atom. The van der Waals surface area contributed by atoms with Crippen LogP contribution in [0.4, 0.5) is 0 Å². The molecule has 0 amide bonds. The maximum atomic E-state index is 10.6. The summed E-state index contributed by atoms with van der Waals surface area (Å²) in [5.74, 6) is 1.30. The second-order valence-corrected chi connectivity index (χ2v) is 5.28. The standard InChI is InChI=1S/C16H17BrO3/c1-10-5-4-6-13(15(10)17)16(18)12-8-7-11(19-2)9-14(12)20-3/h4-9,16,18H,1-3H3. The average molecular weight is 337 g/mol. The second-order valence-electron chi connectivity index (χ2n) is 4.49. The number of aliphatic hydroxyl groups is 1. The molecule has 2 aromatic rings. The smallest absolute Gasteiger partial charge is 0.128 e. The van der Waals surface area contributed by atoms with E-state index >= 15 is 0 Å². The normalized spacial score (nSPS) is 12.1. The summed E-state index contributed by atoms with van der Waals surface area (Å²) in [5.41, 5.74) is 2.60. The fraction of sp³-hybridized carbons (Fsp3) is 0.250. The highest BCUT2D eigenvalue weighted by Gasteiger charge is 2.19. The van der Waals surface area contributed by atoms with Crippen LogP contribution in [0.3, 0.4) is 0 Å². The molecule has 0 fully saturated rings. The predicted octanol–water partition coefficient (Wildman–Crippen LogP) is 3.86. The fourth-order valence-corrected chi connectivity index (χ4v) is 2.57. The fourth-order valence-electron chi connectivity index (χ4n) is 2.09. The van der Waals surface area contributed by atoms with Crippen LogP contribution in [0, 0.1) is 6.92 Å². The summed E-state index contributed by atoms with van der Waals surface area (Å²) in [6, 6.07) is 11.2. The molecule has 0 radical (unpaired) electrons. The lowest BCUT2D eigenvalue weighted by molar-refractivity contribution is 0.213. The van der Waals surface area contributed by atoms with Gasteiger partial charge < -0.3 is 14.6 Å². The lowest BCUT2D eigenvalue weighted by atomic mass is 9.99. The average Bonchev–Trinajstić information content (AvgIpc) is 2.48. The van der Waals surface area contributed by atoms with Gasteiger partial charge in [-0.15, -0.1) is 0 Å². The Labute approximate surface area is 127 Å². The zero-order chi connectivity index (χ0) is 14.7. The van der Waals surface area contributed by atoms with Gasteiger partial charge in [-0.1, -0.05) is 34.1 Å². The SMILES string of the molecule is COc1ccc(C(O)c2cccc(C)c2Br)c(OC)c1. The highest BCUT2D eigenvalue weighted by Crippen LogP contribution is 2.36. The van der Waals surface area contributed by atoms with Gasteiger partial charge in [-0.25, -0.2) is 0 Å². The van der Waals surface area contributed by atoms with Crippen molar-refractivity contribution in [3.8, 4) is 11.5 Å². The molecule has 1 N–H and O–H groups in total. The molecule has 0 bridgehead atoms. The van der Waals surface area contributed by atoms with Crippen LogP contribution in [0.5, 0.6) is 11.5 Å². The second kappa shape index (κ2) is 6.29. The quantitative estimate of drug-likeness (QED) is 0.921. The number of aryl methyl sites for hydroxylation is 1. The number of halogens is 1. The van der Waals surface area contributed by atoms with Crippen molar-refractivity contribution in [2.24, 2.45) is 0 Å². The number of rotatable bonds is 4. The van der Waals surface area contributed by atoms with Gasteiger partial charge in [0.1, 0.15) is 17.6 Å². The molecule has 4 heteroatoms. The number of hydrogen-bond donors (Lipinski definition) is 1. The van der Waals surface area contributed by atoms with Gasteiger partial charge in [0, 0.05) is 16.1 Å². The van der Waals surface area contributed by atoms with Crippen LogP contribution in [0.1, 0.15) is 22.8 Å². The van der Waals surface area contributed by atoms with Crippen molar-refractivity contribution < 1.29 is 14.6 Å². The lowest BCUT2D eigenvalue weighted by Crippen LogP contribution is -2.04. The van der Waals surface area contributed by atoms with E-state index in [9.17, 15) is 5.11 Å². The van der Waals surface area contributed by atoms with Crippen LogP contribution in [0.15, 0.2) is 40.9 Å². The minimum atomic E-state index is -0.759. The topological polar surface area (TPSA) is 38.7 Å². The molecule has 2 rings (SSSR count). The van der Waals surface area contributed by atoms with Crippen LogP contribution in [0.2, 0.25) is 0 Å². The Bertz CT molecular complexity index is 611. The highest BCUT2D eigenvalue weighted by atomic mass is 79.9. The third-order valence-electron chi connectivity index (χ3n) is 3.25. The minimum absolute atomic E-state index is 0.602. The van der Waals surface area contributed by atoms with E-state index < -0.39 is 6.10 Å². The molecule has 0 heterocycles. The summed E-state index contributed by atoms with van der Waals surface area (Å²) in [4.78, 5) is 0. The van der Waals surface area contributed by atoms with E-state index in [2.05, 4.69) is 15.9 Å². The minimum Gasteiger partial charge on any atom is -0.497 e. The molecule has 0 spiro atoms. The van der Waals surface area contributed by atoms with Crippen molar-refractivity contribution in [3.63, 3.8) is 0 Å². The third-order valence-corrected chi connectivity index (χ3v) is 4.33. The molecule has 0 aliphatic carbocycles. The first-order chi connectivity index (χ1) is 9.58. The Hall–Kier alpha value is -1.52. The van der Waals surface area contributed by atoms with Crippen molar-refractivity contribution in [1.29, 1.82) is 0 Å². The number of methoxy groups -OCH3 is 2. The molecule has 0 aromatic heterocycles. The van der Waals surface area contributed by atoms with Gasteiger partial charge in [-0.05, 0) is 30.2 Å². The zero-order valence-corrected chi connectivity index (χ0v) is 13.3. The predicted molar refractivity (Wildman–Crippen MR) is 82.5 cm³/mol. The summed E-state index contributed by atoms with van der Waals surface area (Å²) in [6.07, 6.45) is -0.759. The number of ether oxygens (including phenoxy) is 2. The maximum Gasteiger partial charge on any atom is 0.128 e. The summed E-state index contributed by atoms with van der Waals surface area (Å²) < 4.78 is 11.4. The van der Waals surface area contributed by atoms with Gasteiger partial charge in [0.2, 0.25) is 0 Å². The van der Waals surface area contributed by atoms with Crippen LogP contribution >= 0.6 is 15.9 Å². The van der Waals surface area contributed by atoms with E-state index in [1.807, 2.05) is 37.3 Å². The molecule has 20 heavy (non-hydrogen) atoms. The van der Waals surface area contributed by atoms with E-state index in [-0.39, 0.29) is 0 Å². The molecule has 3 nitrogen and oxygen atoms in total. The molecular formula is C16H17BrO3. The molecule has 106 valence electrons. The Morgan fingerprint density at radius 1 is 1.05 bits per heavy atom. The van der Waals surface area contributed by atoms with Crippen molar-refractivity contribution in [2.75, 3.05) is 14.2 Å². The van der Waals surface area contributed by atoms with Gasteiger partial charge in [0.15, 0.2) is 0 Å². The summed E-state index contributed by atoms with van der Waals surface area (Å²) in [5, 5.41) is 10.6. The van der Waals surface area contributed by atoms with Crippen LogP contribution in [-0.4, -0.2) is 19.3 Å². The molecule has 0 aliphatic heterocycles. The van der Waals surface area contributed by atoms with E-state index in [0.717, 1.165) is 15.6 Å². The van der Waals surface area contributed by atoms with E-state index in [4.69, 9.17) is 9.47 Å². The zero-order valence-electron chi connectivity index (χ0n) is 11.7. The number of hydrogen-bond acceptors (Lipinski definition) is 3. The van der Waals surface area contributed by atoms with Crippen molar-refractivity contribution in [3.05, 3.63) is 57.6 Å². The van der Waals surface area contributed by atoms with Crippen molar-refractivity contribution >= 4 is 15.9 Å². The molecule has 0 saturated carbocycles. The largest absolute Gasteiger partial charge is 0.497 e. The Balaban J connectivity index is 2.47. The highest BCUT2D eigenvalue weighted by molar-refractivity contribution is 9.10. The van der Waals surface area contributed by atoms with E-state index in [0.29, 0.717) is 17.1 Å². The first-order valence-corrected chi connectivity index (χ1v) is 7.02. The van der Waals surface area contributed by atoms with Gasteiger partial charge in [0.25, 0.3) is 0 Å². The van der Waals surface area contributed by atoms with E-state index in [1.54, 1.807) is 20.3 Å². The lowest BCUT2D eigenvalue weighted by Gasteiger charge is -2.18. The number of aliphatic hydroxyl groups excluding tert-OH is 1. The summed E-state index contributed by atoms with van der Waals surface area (Å²) >= 11 is 3.53. The molecule has 2 aromatic carbocycles. The van der Waals surface area contributed by atoms with Gasteiger partial charge in [0.05, 0.1) is 14.2 Å². The van der Waals surface area contributed by atoms with Crippen LogP contribution < -0.4 is 9.47 Å². The first kappa shape index (κ1) is 14.9. The monoisotopic (exact) mass is 336 g/mol. The Morgan fingerprint density at radius 2 is 1.80 bits per heavy atom. The van der Waals surface area contributed by atoms with Crippen LogP contribution in [-0.2, 0) is 0 Å². The van der Waals surface area contributed by atoms with Crippen LogP contribution in [0.25, 0.3) is 0 Å².